The molecule has 0 aliphatic carbocycles. The molecule has 0 spiro atoms. The van der Waals surface area contributed by atoms with E-state index >= 15 is 0 Å². The average molecular weight is 392 g/mol. The second-order valence-corrected chi connectivity index (χ2v) is 6.20. The molecular weight excluding hydrogens is 376 g/mol. The van der Waals surface area contributed by atoms with Gasteiger partial charge in [-0.3, -0.25) is 4.79 Å². The quantitative estimate of drug-likeness (QED) is 0.483. The minimum atomic E-state index is -0.555. The summed E-state index contributed by atoms with van der Waals surface area (Å²) in [6.07, 6.45) is 2.94. The Labute approximate surface area is 165 Å². The van der Waals surface area contributed by atoms with Crippen LogP contribution in [0.2, 0.25) is 0 Å². The molecule has 8 heteroatoms. The molecule has 0 atom stereocenters. The van der Waals surface area contributed by atoms with Crippen LogP contribution < -0.4 is 5.32 Å². The first-order valence-electron chi connectivity index (χ1n) is 8.72. The Hall–Kier alpha value is -4.07. The van der Waals surface area contributed by atoms with Crippen molar-refractivity contribution >= 4 is 17.6 Å². The normalized spacial score (nSPS) is 10.7. The summed E-state index contributed by atoms with van der Waals surface area (Å²) in [4.78, 5) is 24.6. The molecule has 0 aliphatic heterocycles. The lowest BCUT2D eigenvalue weighted by atomic mass is 10.1. The number of aromatic nitrogens is 1. The SMILES string of the molecule is Cc1ccc(C(=O)OCc2cc(-c3ccco3)on2)cc1NC(=O)c1ccco1. The van der Waals surface area contributed by atoms with Crippen molar-refractivity contribution in [3.8, 4) is 11.5 Å². The zero-order valence-electron chi connectivity index (χ0n) is 15.4. The van der Waals surface area contributed by atoms with Gasteiger partial charge in [0.1, 0.15) is 12.3 Å². The van der Waals surface area contributed by atoms with Crippen molar-refractivity contribution < 1.29 is 27.7 Å². The van der Waals surface area contributed by atoms with E-state index in [1.807, 2.05) is 6.92 Å². The predicted molar refractivity (Wildman–Crippen MR) is 101 cm³/mol. The van der Waals surface area contributed by atoms with E-state index in [-0.39, 0.29) is 12.4 Å². The van der Waals surface area contributed by atoms with Crippen LogP contribution in [0.15, 0.2) is 74.4 Å². The molecule has 1 N–H and O–H groups in total. The Kier molecular flexibility index (Phi) is 4.98. The molecule has 0 bridgehead atoms. The molecule has 1 amide bonds. The zero-order valence-corrected chi connectivity index (χ0v) is 15.4. The number of rotatable bonds is 6. The van der Waals surface area contributed by atoms with Gasteiger partial charge in [0, 0.05) is 11.8 Å². The van der Waals surface area contributed by atoms with Gasteiger partial charge in [0.05, 0.1) is 18.1 Å². The third-order valence-electron chi connectivity index (χ3n) is 4.14. The fourth-order valence-corrected chi connectivity index (χ4v) is 2.61. The first kappa shape index (κ1) is 18.3. The molecule has 0 radical (unpaired) electrons. The molecule has 1 aromatic carbocycles. The van der Waals surface area contributed by atoms with Crippen molar-refractivity contribution in [3.05, 3.63) is 83.6 Å². The Morgan fingerprint density at radius 1 is 1.03 bits per heavy atom. The summed E-state index contributed by atoms with van der Waals surface area (Å²) in [6, 6.07) is 13.2. The number of nitrogens with zero attached hydrogens (tertiary/aromatic N) is 1. The number of hydrogen-bond acceptors (Lipinski definition) is 7. The number of anilines is 1. The molecule has 29 heavy (non-hydrogen) atoms. The van der Waals surface area contributed by atoms with E-state index in [0.717, 1.165) is 5.56 Å². The van der Waals surface area contributed by atoms with E-state index in [4.69, 9.17) is 18.1 Å². The highest BCUT2D eigenvalue weighted by Crippen LogP contribution is 2.22. The molecule has 0 fully saturated rings. The largest absolute Gasteiger partial charge is 0.461 e. The standard InChI is InChI=1S/C21H16N2O6/c1-13-6-7-14(10-16(13)22-20(24)18-5-3-9-27-18)21(25)28-12-15-11-19(29-23-15)17-4-2-8-26-17/h2-11H,12H2,1H3,(H,22,24). The summed E-state index contributed by atoms with van der Waals surface area (Å²) in [7, 11) is 0. The number of aryl methyl sites for hydroxylation is 1. The maximum absolute atomic E-state index is 12.4. The highest BCUT2D eigenvalue weighted by Gasteiger charge is 2.15. The molecular formula is C21H16N2O6. The molecule has 146 valence electrons. The van der Waals surface area contributed by atoms with Crippen LogP contribution >= 0.6 is 0 Å². The van der Waals surface area contributed by atoms with Gasteiger partial charge in [-0.1, -0.05) is 11.2 Å². The van der Waals surface area contributed by atoms with Gasteiger partial charge < -0.3 is 23.4 Å². The Morgan fingerprint density at radius 2 is 1.86 bits per heavy atom. The van der Waals surface area contributed by atoms with E-state index in [0.29, 0.717) is 28.5 Å². The fourth-order valence-electron chi connectivity index (χ4n) is 2.61. The summed E-state index contributed by atoms with van der Waals surface area (Å²) < 4.78 is 20.8. The molecule has 8 nitrogen and oxygen atoms in total. The molecule has 3 heterocycles. The van der Waals surface area contributed by atoms with E-state index in [1.54, 1.807) is 48.5 Å². The number of amides is 1. The Morgan fingerprint density at radius 3 is 2.62 bits per heavy atom. The highest BCUT2D eigenvalue weighted by molar-refractivity contribution is 6.03. The third-order valence-corrected chi connectivity index (χ3v) is 4.14. The van der Waals surface area contributed by atoms with Gasteiger partial charge in [0.25, 0.3) is 5.91 Å². The molecule has 3 aromatic heterocycles. The summed E-state index contributed by atoms with van der Waals surface area (Å²) in [5.41, 5.74) is 2.02. The Balaban J connectivity index is 1.41. The summed E-state index contributed by atoms with van der Waals surface area (Å²) in [6.45, 7) is 1.75. The number of ether oxygens (including phenoxy) is 1. The predicted octanol–water partition coefficient (Wildman–Crippen LogP) is 4.45. The minimum absolute atomic E-state index is 0.0645. The second kappa shape index (κ2) is 7.89. The number of esters is 1. The molecule has 4 rings (SSSR count). The van der Waals surface area contributed by atoms with Gasteiger partial charge in [0.2, 0.25) is 5.76 Å². The van der Waals surface area contributed by atoms with Gasteiger partial charge in [-0.2, -0.15) is 0 Å². The van der Waals surface area contributed by atoms with Gasteiger partial charge in [-0.05, 0) is 48.9 Å². The van der Waals surface area contributed by atoms with E-state index in [2.05, 4.69) is 10.5 Å². The van der Waals surface area contributed by atoms with Crippen LogP contribution in [0.4, 0.5) is 5.69 Å². The smallest absolute Gasteiger partial charge is 0.338 e. The molecule has 0 saturated heterocycles. The third kappa shape index (κ3) is 4.11. The van der Waals surface area contributed by atoms with Crippen LogP contribution in [0.1, 0.15) is 32.2 Å². The first-order chi connectivity index (χ1) is 14.1. The van der Waals surface area contributed by atoms with Crippen LogP contribution in [0.5, 0.6) is 0 Å². The Bertz CT molecular complexity index is 1130. The number of furan rings is 2. The molecule has 0 aliphatic rings. The van der Waals surface area contributed by atoms with Crippen molar-refractivity contribution in [2.45, 2.75) is 13.5 Å². The number of nitrogens with one attached hydrogen (secondary N) is 1. The average Bonchev–Trinajstić information content (AvgIpc) is 3.49. The van der Waals surface area contributed by atoms with Gasteiger partial charge in [0.15, 0.2) is 11.5 Å². The summed E-state index contributed by atoms with van der Waals surface area (Å²) >= 11 is 0. The number of hydrogen-bond donors (Lipinski definition) is 1. The van der Waals surface area contributed by atoms with Crippen LogP contribution in [0.3, 0.4) is 0 Å². The monoisotopic (exact) mass is 392 g/mol. The maximum Gasteiger partial charge on any atom is 0.338 e. The van der Waals surface area contributed by atoms with Gasteiger partial charge in [-0.15, -0.1) is 0 Å². The fraction of sp³-hybridized carbons (Fsp3) is 0.0952. The van der Waals surface area contributed by atoms with Gasteiger partial charge in [-0.25, -0.2) is 4.79 Å². The first-order valence-corrected chi connectivity index (χ1v) is 8.72. The van der Waals surface area contributed by atoms with Crippen molar-refractivity contribution in [1.29, 1.82) is 0 Å². The van der Waals surface area contributed by atoms with Crippen molar-refractivity contribution in [3.63, 3.8) is 0 Å². The number of carbonyl (C=O) groups is 2. The molecule has 4 aromatic rings. The lowest BCUT2D eigenvalue weighted by Gasteiger charge is -2.09. The zero-order chi connectivity index (χ0) is 20.2. The molecule has 0 unspecified atom stereocenters. The van der Waals surface area contributed by atoms with E-state index in [9.17, 15) is 9.59 Å². The lowest BCUT2D eigenvalue weighted by molar-refractivity contribution is 0.0464. The second-order valence-electron chi connectivity index (χ2n) is 6.20. The number of carbonyl (C=O) groups excluding carboxylic acids is 2. The van der Waals surface area contributed by atoms with Crippen LogP contribution in [0, 0.1) is 6.92 Å². The van der Waals surface area contributed by atoms with Crippen molar-refractivity contribution in [1.82, 2.24) is 5.16 Å². The van der Waals surface area contributed by atoms with E-state index < -0.39 is 11.9 Å². The van der Waals surface area contributed by atoms with Crippen LogP contribution in [0.25, 0.3) is 11.5 Å². The van der Waals surface area contributed by atoms with Crippen LogP contribution in [-0.4, -0.2) is 17.0 Å². The van der Waals surface area contributed by atoms with Crippen LogP contribution in [-0.2, 0) is 11.3 Å². The van der Waals surface area contributed by atoms with E-state index in [1.165, 1.54) is 12.5 Å². The minimum Gasteiger partial charge on any atom is -0.461 e. The lowest BCUT2D eigenvalue weighted by Crippen LogP contribution is -2.13. The summed E-state index contributed by atoms with van der Waals surface area (Å²) in [5, 5.41) is 6.58. The number of benzene rings is 1. The topological polar surface area (TPSA) is 108 Å². The van der Waals surface area contributed by atoms with Crippen molar-refractivity contribution in [2.24, 2.45) is 0 Å². The maximum atomic E-state index is 12.4. The molecule has 0 saturated carbocycles. The van der Waals surface area contributed by atoms with Gasteiger partial charge >= 0.3 is 5.97 Å². The highest BCUT2D eigenvalue weighted by atomic mass is 16.5. The van der Waals surface area contributed by atoms with Crippen molar-refractivity contribution in [2.75, 3.05) is 5.32 Å². The summed E-state index contributed by atoms with van der Waals surface area (Å²) in [5.74, 6) is 0.193.